The molecule has 2 heterocycles. The van der Waals surface area contributed by atoms with Crippen molar-refractivity contribution in [1.29, 1.82) is 0 Å². The summed E-state index contributed by atoms with van der Waals surface area (Å²) in [4.78, 5) is 25.5. The molecule has 4 rings (SSSR count). The molecule has 6 heteroatoms. The standard InChI is InChI=1S/C27H36N4O2/c1-4-5-10-23(32)20(16-18-11-12-18)26(33)25-27(28)31(3)22-9-7-6-8-19(22)24(30-25)21-15-17(2)13-14-29-21/h6-9,13-15,18,20,23,25,27,32H,4-5,10-12,16,28H2,1-3H3. The third-order valence-corrected chi connectivity index (χ3v) is 7.00. The average molecular weight is 449 g/mol. The Morgan fingerprint density at radius 3 is 2.73 bits per heavy atom. The highest BCUT2D eigenvalue weighted by Gasteiger charge is 2.41. The lowest BCUT2D eigenvalue weighted by molar-refractivity contribution is -0.128. The molecule has 1 aromatic carbocycles. The fraction of sp³-hybridized carbons (Fsp3) is 0.519. The number of benzene rings is 1. The summed E-state index contributed by atoms with van der Waals surface area (Å²) in [5.74, 6) is 0.0297. The van der Waals surface area contributed by atoms with Crippen molar-refractivity contribution >= 4 is 17.2 Å². The molecule has 0 bridgehead atoms. The predicted molar refractivity (Wildman–Crippen MR) is 133 cm³/mol. The number of anilines is 1. The number of carbonyl (C=O) groups is 1. The molecule has 1 fully saturated rings. The highest BCUT2D eigenvalue weighted by molar-refractivity contribution is 6.16. The maximum absolute atomic E-state index is 14.0. The molecule has 1 aromatic heterocycles. The van der Waals surface area contributed by atoms with Crippen molar-refractivity contribution in [2.75, 3.05) is 11.9 Å². The molecule has 0 amide bonds. The fourth-order valence-electron chi connectivity index (χ4n) is 4.75. The number of aromatic nitrogens is 1. The zero-order valence-corrected chi connectivity index (χ0v) is 19.9. The summed E-state index contributed by atoms with van der Waals surface area (Å²) in [6, 6.07) is 11.1. The highest BCUT2D eigenvalue weighted by Crippen LogP contribution is 2.38. The Labute approximate surface area is 196 Å². The number of hydrogen-bond donors (Lipinski definition) is 2. The highest BCUT2D eigenvalue weighted by atomic mass is 16.3. The number of likely N-dealkylation sites (N-methyl/N-ethyl adjacent to an activating group) is 1. The van der Waals surface area contributed by atoms with Gasteiger partial charge in [0.15, 0.2) is 5.78 Å². The van der Waals surface area contributed by atoms with Crippen LogP contribution in [-0.4, -0.2) is 46.9 Å². The van der Waals surface area contributed by atoms with Gasteiger partial charge in [0.25, 0.3) is 0 Å². The SMILES string of the molecule is CCCCC(O)C(CC1CC1)C(=O)C1N=C(c2cc(C)ccn2)c2ccccc2N(C)C1N. The molecule has 176 valence electrons. The minimum Gasteiger partial charge on any atom is -0.392 e. The zero-order valence-electron chi connectivity index (χ0n) is 19.9. The zero-order chi connectivity index (χ0) is 23.5. The van der Waals surface area contributed by atoms with Crippen LogP contribution in [0, 0.1) is 18.8 Å². The van der Waals surface area contributed by atoms with Crippen molar-refractivity contribution < 1.29 is 9.90 Å². The maximum Gasteiger partial charge on any atom is 0.166 e. The number of nitrogens with two attached hydrogens (primary N) is 1. The van der Waals surface area contributed by atoms with Crippen LogP contribution in [0.1, 0.15) is 62.3 Å². The normalized spacial score (nSPS) is 22.2. The second kappa shape index (κ2) is 10.1. The number of hydrogen-bond acceptors (Lipinski definition) is 6. The number of rotatable bonds is 9. The number of aliphatic imine (C=N–C) groups is 1. The van der Waals surface area contributed by atoms with Gasteiger partial charge in [-0.3, -0.25) is 14.8 Å². The molecule has 1 aliphatic carbocycles. The van der Waals surface area contributed by atoms with E-state index in [1.165, 1.54) is 0 Å². The van der Waals surface area contributed by atoms with E-state index in [-0.39, 0.29) is 5.78 Å². The number of aliphatic hydroxyl groups excluding tert-OH is 1. The molecular weight excluding hydrogens is 412 g/mol. The lowest BCUT2D eigenvalue weighted by atomic mass is 9.85. The minimum atomic E-state index is -0.778. The number of aryl methyl sites for hydroxylation is 1. The van der Waals surface area contributed by atoms with E-state index < -0.39 is 24.2 Å². The second-order valence-electron chi connectivity index (χ2n) is 9.66. The Morgan fingerprint density at radius 1 is 1.27 bits per heavy atom. The summed E-state index contributed by atoms with van der Waals surface area (Å²) in [5.41, 5.74) is 11.0. The topological polar surface area (TPSA) is 91.8 Å². The Bertz CT molecular complexity index is 1020. The third kappa shape index (κ3) is 5.17. The molecule has 33 heavy (non-hydrogen) atoms. The molecule has 0 spiro atoms. The number of pyridine rings is 1. The number of aliphatic hydroxyl groups is 1. The number of unbranched alkanes of at least 4 members (excludes halogenated alkanes) is 1. The van der Waals surface area contributed by atoms with E-state index in [0.717, 1.165) is 54.6 Å². The molecule has 2 aromatic rings. The molecule has 1 saturated carbocycles. The quantitative estimate of drug-likeness (QED) is 0.608. The largest absolute Gasteiger partial charge is 0.392 e. The van der Waals surface area contributed by atoms with Crippen LogP contribution in [0.15, 0.2) is 47.6 Å². The van der Waals surface area contributed by atoms with Crippen molar-refractivity contribution in [2.45, 2.75) is 70.7 Å². The molecule has 3 N–H and O–H groups in total. The monoisotopic (exact) mass is 448 g/mol. The van der Waals surface area contributed by atoms with Gasteiger partial charge in [0, 0.05) is 30.4 Å². The van der Waals surface area contributed by atoms with Gasteiger partial charge in [0.2, 0.25) is 0 Å². The number of nitrogens with zero attached hydrogens (tertiary/aromatic N) is 3. The summed E-state index contributed by atoms with van der Waals surface area (Å²) in [6.07, 6.45) is 6.00. The molecule has 4 atom stereocenters. The average Bonchev–Trinajstić information content (AvgIpc) is 3.65. The first-order chi connectivity index (χ1) is 15.9. The van der Waals surface area contributed by atoms with Gasteiger partial charge in [-0.1, -0.05) is 50.8 Å². The Morgan fingerprint density at radius 2 is 2.03 bits per heavy atom. The van der Waals surface area contributed by atoms with Crippen LogP contribution in [0.4, 0.5) is 5.69 Å². The third-order valence-electron chi connectivity index (χ3n) is 7.00. The van der Waals surface area contributed by atoms with Crippen LogP contribution in [0.5, 0.6) is 0 Å². The van der Waals surface area contributed by atoms with Crippen LogP contribution in [0.3, 0.4) is 0 Å². The molecule has 4 unspecified atom stereocenters. The first-order valence-electron chi connectivity index (χ1n) is 12.2. The van der Waals surface area contributed by atoms with Crippen molar-refractivity contribution in [2.24, 2.45) is 22.6 Å². The van der Waals surface area contributed by atoms with Crippen molar-refractivity contribution in [3.8, 4) is 0 Å². The van der Waals surface area contributed by atoms with Crippen LogP contribution in [0.25, 0.3) is 0 Å². The van der Waals surface area contributed by atoms with E-state index >= 15 is 0 Å². The number of Topliss-reactive ketones (excluding diaryl/α,β-unsaturated/α-hetero) is 1. The molecule has 1 aliphatic heterocycles. The molecule has 2 aliphatic rings. The predicted octanol–water partition coefficient (Wildman–Crippen LogP) is 3.87. The lowest BCUT2D eigenvalue weighted by Gasteiger charge is -2.32. The van der Waals surface area contributed by atoms with E-state index in [1.807, 2.05) is 55.3 Å². The van der Waals surface area contributed by atoms with Gasteiger partial charge in [-0.05, 0) is 49.4 Å². The summed E-state index contributed by atoms with van der Waals surface area (Å²) in [6.45, 7) is 4.12. The van der Waals surface area contributed by atoms with Crippen molar-refractivity contribution in [3.05, 3.63) is 59.4 Å². The van der Waals surface area contributed by atoms with Gasteiger partial charge < -0.3 is 15.7 Å². The van der Waals surface area contributed by atoms with Gasteiger partial charge in [-0.25, -0.2) is 0 Å². The number of para-hydroxylation sites is 1. The number of ketones is 1. The Hall–Kier alpha value is -2.57. The number of carbonyl (C=O) groups excluding carboxylic acids is 1. The van der Waals surface area contributed by atoms with Crippen LogP contribution < -0.4 is 10.6 Å². The first-order valence-corrected chi connectivity index (χ1v) is 12.2. The summed E-state index contributed by atoms with van der Waals surface area (Å²) in [7, 11) is 1.91. The van der Waals surface area contributed by atoms with Gasteiger partial charge in [-0.15, -0.1) is 0 Å². The summed E-state index contributed by atoms with van der Waals surface area (Å²) >= 11 is 0. The first kappa shape index (κ1) is 23.6. The van der Waals surface area contributed by atoms with Gasteiger partial charge in [0.1, 0.15) is 12.2 Å². The maximum atomic E-state index is 14.0. The van der Waals surface area contributed by atoms with E-state index in [0.29, 0.717) is 18.1 Å². The van der Waals surface area contributed by atoms with Crippen molar-refractivity contribution in [1.82, 2.24) is 4.98 Å². The minimum absolute atomic E-state index is 0.0530. The van der Waals surface area contributed by atoms with Gasteiger partial charge in [0.05, 0.1) is 17.5 Å². The van der Waals surface area contributed by atoms with Crippen LogP contribution >= 0.6 is 0 Å². The number of fused-ring (bicyclic) bond motifs is 1. The van der Waals surface area contributed by atoms with E-state index in [1.54, 1.807) is 6.20 Å². The smallest absolute Gasteiger partial charge is 0.166 e. The molecule has 0 radical (unpaired) electrons. The molecular formula is C27H36N4O2. The molecule has 0 saturated heterocycles. The van der Waals surface area contributed by atoms with Crippen molar-refractivity contribution in [3.63, 3.8) is 0 Å². The van der Waals surface area contributed by atoms with E-state index in [2.05, 4.69) is 11.9 Å². The summed E-state index contributed by atoms with van der Waals surface area (Å²) < 4.78 is 0. The molecule has 6 nitrogen and oxygen atoms in total. The summed E-state index contributed by atoms with van der Waals surface area (Å²) in [5, 5.41) is 11.0. The van der Waals surface area contributed by atoms with Crippen LogP contribution in [-0.2, 0) is 4.79 Å². The second-order valence-corrected chi connectivity index (χ2v) is 9.66. The fourth-order valence-corrected chi connectivity index (χ4v) is 4.75. The van der Waals surface area contributed by atoms with E-state index in [4.69, 9.17) is 10.7 Å². The Kier molecular flexibility index (Phi) is 7.25. The number of benzodiazepines with no additional fused rings is 1. The Balaban J connectivity index is 1.77. The van der Waals surface area contributed by atoms with E-state index in [9.17, 15) is 9.90 Å². The van der Waals surface area contributed by atoms with Crippen LogP contribution in [0.2, 0.25) is 0 Å². The van der Waals surface area contributed by atoms with Gasteiger partial charge in [-0.2, -0.15) is 0 Å². The van der Waals surface area contributed by atoms with Gasteiger partial charge >= 0.3 is 0 Å². The lowest BCUT2D eigenvalue weighted by Crippen LogP contribution is -2.53.